The molecule has 1 aromatic heterocycles. The zero-order valence-corrected chi connectivity index (χ0v) is 12.5. The summed E-state index contributed by atoms with van der Waals surface area (Å²) in [6.45, 7) is 4.43. The summed E-state index contributed by atoms with van der Waals surface area (Å²) in [5, 5.41) is 7.63. The minimum atomic E-state index is 0.0131. The standard InChI is InChI=1S/C15H22N4O2/c1-13(11-16-9-6-10-20-2)21-15-17-12-19(18-15)14-7-4-3-5-8-14/h3-5,7-8,12-13,16H,6,9-11H2,1-2H3. The number of aromatic nitrogens is 3. The van der Waals surface area contributed by atoms with E-state index in [9.17, 15) is 0 Å². The van der Waals surface area contributed by atoms with Crippen LogP contribution in [-0.2, 0) is 4.74 Å². The van der Waals surface area contributed by atoms with Gasteiger partial charge in [-0.25, -0.2) is 4.68 Å². The minimum Gasteiger partial charge on any atom is -0.458 e. The van der Waals surface area contributed by atoms with E-state index in [-0.39, 0.29) is 6.10 Å². The van der Waals surface area contributed by atoms with Crippen LogP contribution in [0.2, 0.25) is 0 Å². The fourth-order valence-corrected chi connectivity index (χ4v) is 1.88. The molecule has 0 bridgehead atoms. The summed E-state index contributed by atoms with van der Waals surface area (Å²) < 4.78 is 12.4. The molecule has 1 atom stereocenters. The molecule has 6 nitrogen and oxygen atoms in total. The molecule has 0 aliphatic carbocycles. The van der Waals surface area contributed by atoms with Crippen LogP contribution in [0.25, 0.3) is 5.69 Å². The maximum Gasteiger partial charge on any atom is 0.336 e. The average Bonchev–Trinajstić information content (AvgIpc) is 2.96. The fraction of sp³-hybridized carbons (Fsp3) is 0.467. The summed E-state index contributed by atoms with van der Waals surface area (Å²) in [5.41, 5.74) is 0.963. The third kappa shape index (κ3) is 5.17. The van der Waals surface area contributed by atoms with Crippen molar-refractivity contribution >= 4 is 0 Å². The molecule has 0 saturated carbocycles. The maximum absolute atomic E-state index is 5.69. The number of nitrogens with one attached hydrogen (secondary N) is 1. The lowest BCUT2D eigenvalue weighted by atomic mass is 10.3. The molecule has 114 valence electrons. The Morgan fingerprint density at radius 2 is 2.10 bits per heavy atom. The first-order valence-corrected chi connectivity index (χ1v) is 7.13. The molecule has 0 fully saturated rings. The Hall–Kier alpha value is -1.92. The largest absolute Gasteiger partial charge is 0.458 e. The van der Waals surface area contributed by atoms with E-state index in [1.165, 1.54) is 0 Å². The van der Waals surface area contributed by atoms with Crippen LogP contribution in [0.1, 0.15) is 13.3 Å². The maximum atomic E-state index is 5.69. The van der Waals surface area contributed by atoms with Gasteiger partial charge in [-0.3, -0.25) is 0 Å². The molecule has 0 aliphatic rings. The molecule has 0 spiro atoms. The minimum absolute atomic E-state index is 0.0131. The molecule has 1 heterocycles. The summed E-state index contributed by atoms with van der Waals surface area (Å²) >= 11 is 0. The topological polar surface area (TPSA) is 61.2 Å². The first-order valence-electron chi connectivity index (χ1n) is 7.13. The van der Waals surface area contributed by atoms with Crippen LogP contribution in [-0.4, -0.2) is 47.7 Å². The van der Waals surface area contributed by atoms with Gasteiger partial charge in [-0.1, -0.05) is 18.2 Å². The Morgan fingerprint density at radius 1 is 1.29 bits per heavy atom. The SMILES string of the molecule is COCCCNCC(C)Oc1ncn(-c2ccccc2)n1. The number of ether oxygens (including phenoxy) is 2. The number of benzene rings is 1. The van der Waals surface area contributed by atoms with Crippen molar-refractivity contribution in [3.63, 3.8) is 0 Å². The third-order valence-corrected chi connectivity index (χ3v) is 2.93. The molecular formula is C15H22N4O2. The van der Waals surface area contributed by atoms with Crippen LogP contribution in [0, 0.1) is 0 Å². The van der Waals surface area contributed by atoms with Gasteiger partial charge in [-0.2, -0.15) is 4.98 Å². The van der Waals surface area contributed by atoms with Crippen LogP contribution in [0.3, 0.4) is 0 Å². The van der Waals surface area contributed by atoms with Gasteiger partial charge in [0.15, 0.2) is 0 Å². The molecule has 1 N–H and O–H groups in total. The van der Waals surface area contributed by atoms with Crippen LogP contribution < -0.4 is 10.1 Å². The summed E-state index contributed by atoms with van der Waals surface area (Å²) in [6, 6.07) is 10.2. The lowest BCUT2D eigenvalue weighted by Crippen LogP contribution is -2.30. The van der Waals surface area contributed by atoms with E-state index >= 15 is 0 Å². The van der Waals surface area contributed by atoms with Gasteiger partial charge in [0, 0.05) is 20.3 Å². The van der Waals surface area contributed by atoms with E-state index in [1.54, 1.807) is 18.1 Å². The van der Waals surface area contributed by atoms with Crippen molar-refractivity contribution in [2.75, 3.05) is 26.8 Å². The van der Waals surface area contributed by atoms with Gasteiger partial charge in [0.1, 0.15) is 12.4 Å². The fourth-order valence-electron chi connectivity index (χ4n) is 1.88. The zero-order valence-electron chi connectivity index (χ0n) is 12.5. The predicted molar refractivity (Wildman–Crippen MR) is 80.8 cm³/mol. The van der Waals surface area contributed by atoms with E-state index in [1.807, 2.05) is 37.3 Å². The second-order valence-corrected chi connectivity index (χ2v) is 4.79. The van der Waals surface area contributed by atoms with Crippen molar-refractivity contribution in [2.45, 2.75) is 19.4 Å². The van der Waals surface area contributed by atoms with Gasteiger partial charge in [-0.05, 0) is 32.0 Å². The number of hydrogen-bond acceptors (Lipinski definition) is 5. The Morgan fingerprint density at radius 3 is 2.86 bits per heavy atom. The van der Waals surface area contributed by atoms with E-state index in [4.69, 9.17) is 9.47 Å². The normalized spacial score (nSPS) is 12.3. The smallest absolute Gasteiger partial charge is 0.336 e. The first kappa shape index (κ1) is 15.5. The molecule has 1 aromatic carbocycles. The Kier molecular flexibility index (Phi) is 6.18. The monoisotopic (exact) mass is 290 g/mol. The molecule has 6 heteroatoms. The number of nitrogens with zero attached hydrogens (tertiary/aromatic N) is 3. The lowest BCUT2D eigenvalue weighted by molar-refractivity contribution is 0.184. The second-order valence-electron chi connectivity index (χ2n) is 4.79. The van der Waals surface area contributed by atoms with Crippen molar-refractivity contribution in [2.24, 2.45) is 0 Å². The van der Waals surface area contributed by atoms with Crippen molar-refractivity contribution in [1.29, 1.82) is 0 Å². The Labute approximate surface area is 125 Å². The highest BCUT2D eigenvalue weighted by Gasteiger charge is 2.08. The predicted octanol–water partition coefficient (Wildman–Crippen LogP) is 1.66. The van der Waals surface area contributed by atoms with Crippen LogP contribution in [0.5, 0.6) is 6.01 Å². The molecule has 2 rings (SSSR count). The highest BCUT2D eigenvalue weighted by Crippen LogP contribution is 2.09. The Balaban J connectivity index is 1.77. The average molecular weight is 290 g/mol. The summed E-state index contributed by atoms with van der Waals surface area (Å²) in [4.78, 5) is 4.17. The molecule has 0 radical (unpaired) electrons. The summed E-state index contributed by atoms with van der Waals surface area (Å²) in [6.07, 6.45) is 2.66. The van der Waals surface area contributed by atoms with Gasteiger partial charge >= 0.3 is 6.01 Å². The molecule has 0 aliphatic heterocycles. The molecule has 0 amide bonds. The molecular weight excluding hydrogens is 268 g/mol. The zero-order chi connectivity index (χ0) is 14.9. The van der Waals surface area contributed by atoms with Gasteiger partial charge in [0.05, 0.1) is 5.69 Å². The molecule has 0 saturated heterocycles. The van der Waals surface area contributed by atoms with Gasteiger partial charge in [0.2, 0.25) is 0 Å². The summed E-state index contributed by atoms with van der Waals surface area (Å²) in [7, 11) is 1.71. The van der Waals surface area contributed by atoms with Gasteiger partial charge in [-0.15, -0.1) is 5.10 Å². The lowest BCUT2D eigenvalue weighted by Gasteiger charge is -2.12. The summed E-state index contributed by atoms with van der Waals surface area (Å²) in [5.74, 6) is 0. The van der Waals surface area contributed by atoms with Crippen LogP contribution >= 0.6 is 0 Å². The van der Waals surface area contributed by atoms with Crippen molar-refractivity contribution < 1.29 is 9.47 Å². The number of hydrogen-bond donors (Lipinski definition) is 1. The second kappa shape index (κ2) is 8.39. The molecule has 21 heavy (non-hydrogen) atoms. The number of methoxy groups -OCH3 is 1. The van der Waals surface area contributed by atoms with Crippen LogP contribution in [0.4, 0.5) is 0 Å². The molecule has 2 aromatic rings. The quantitative estimate of drug-likeness (QED) is 0.712. The van der Waals surface area contributed by atoms with Crippen LogP contribution in [0.15, 0.2) is 36.7 Å². The van der Waals surface area contributed by atoms with Crippen molar-refractivity contribution in [3.8, 4) is 11.7 Å². The van der Waals surface area contributed by atoms with Gasteiger partial charge < -0.3 is 14.8 Å². The third-order valence-electron chi connectivity index (χ3n) is 2.93. The highest BCUT2D eigenvalue weighted by atomic mass is 16.5. The van der Waals surface area contributed by atoms with E-state index in [2.05, 4.69) is 15.4 Å². The van der Waals surface area contributed by atoms with Crippen molar-refractivity contribution in [3.05, 3.63) is 36.7 Å². The van der Waals surface area contributed by atoms with Crippen molar-refractivity contribution in [1.82, 2.24) is 20.1 Å². The number of rotatable bonds is 9. The first-order chi connectivity index (χ1) is 10.3. The van der Waals surface area contributed by atoms with E-state index in [0.717, 1.165) is 31.8 Å². The highest BCUT2D eigenvalue weighted by molar-refractivity contribution is 5.29. The number of para-hydroxylation sites is 1. The van der Waals surface area contributed by atoms with E-state index in [0.29, 0.717) is 6.01 Å². The van der Waals surface area contributed by atoms with E-state index < -0.39 is 0 Å². The Bertz CT molecular complexity index is 515. The van der Waals surface area contributed by atoms with Gasteiger partial charge in [0.25, 0.3) is 0 Å². The molecule has 1 unspecified atom stereocenters.